The molecule has 2 aromatic carbocycles. The van der Waals surface area contributed by atoms with Crippen molar-refractivity contribution in [2.75, 3.05) is 5.32 Å². The first kappa shape index (κ1) is 26.6. The van der Waals surface area contributed by atoms with Crippen molar-refractivity contribution in [2.45, 2.75) is 83.6 Å². The Balaban J connectivity index is 1.55. The van der Waals surface area contributed by atoms with Gasteiger partial charge in [-0.1, -0.05) is 58.0 Å². The van der Waals surface area contributed by atoms with Crippen LogP contribution in [0.15, 0.2) is 46.9 Å². The highest BCUT2D eigenvalue weighted by atomic mass is 16.5. The van der Waals surface area contributed by atoms with Crippen molar-refractivity contribution in [2.24, 2.45) is 11.8 Å². The third kappa shape index (κ3) is 3.79. The molecule has 210 valence electrons. The van der Waals surface area contributed by atoms with Gasteiger partial charge >= 0.3 is 0 Å². The minimum Gasteiger partial charge on any atom is -0.469 e. The lowest BCUT2D eigenvalue weighted by Crippen LogP contribution is -2.43. The van der Waals surface area contributed by atoms with Crippen LogP contribution < -0.4 is 15.4 Å². The zero-order valence-corrected chi connectivity index (χ0v) is 23.7. The molecular formula is C32H37N3O5. The van der Waals surface area contributed by atoms with Crippen molar-refractivity contribution in [1.82, 2.24) is 10.3 Å². The minimum absolute atomic E-state index is 0.0205. The molecule has 3 aliphatic heterocycles. The zero-order valence-electron chi connectivity index (χ0n) is 23.7. The molecular weight excluding hydrogens is 506 g/mol. The molecule has 4 heterocycles. The smallest absolute Gasteiger partial charge is 0.224 e. The quantitative estimate of drug-likeness (QED) is 0.403. The first-order valence-electron chi connectivity index (χ1n) is 14.3. The van der Waals surface area contributed by atoms with Gasteiger partial charge in [0.1, 0.15) is 28.6 Å². The number of ether oxygens (including phenoxy) is 1. The third-order valence-corrected chi connectivity index (χ3v) is 9.12. The van der Waals surface area contributed by atoms with E-state index in [1.54, 1.807) is 13.8 Å². The average Bonchev–Trinajstić information content (AvgIpc) is 3.57. The monoisotopic (exact) mass is 543 g/mol. The summed E-state index contributed by atoms with van der Waals surface area (Å²) < 4.78 is 13.2. The molecule has 0 saturated carbocycles. The van der Waals surface area contributed by atoms with Crippen molar-refractivity contribution in [3.05, 3.63) is 76.5 Å². The fourth-order valence-electron chi connectivity index (χ4n) is 6.65. The number of benzene rings is 2. The molecule has 4 atom stereocenters. The summed E-state index contributed by atoms with van der Waals surface area (Å²) in [6.45, 7) is 9.55. The highest BCUT2D eigenvalue weighted by Crippen LogP contribution is 2.58. The number of rotatable bonds is 6. The van der Waals surface area contributed by atoms with Crippen LogP contribution in [0.2, 0.25) is 0 Å². The van der Waals surface area contributed by atoms with Crippen LogP contribution in [0.4, 0.5) is 5.69 Å². The molecule has 0 aliphatic carbocycles. The van der Waals surface area contributed by atoms with Crippen LogP contribution in [-0.2, 0) is 21.4 Å². The van der Waals surface area contributed by atoms with E-state index >= 15 is 0 Å². The van der Waals surface area contributed by atoms with Gasteiger partial charge in [0.2, 0.25) is 11.8 Å². The Morgan fingerprint density at radius 2 is 1.90 bits per heavy atom. The number of carbonyl (C=O) groups excluding carboxylic acids is 2. The molecule has 8 heteroatoms. The number of nitrogens with one attached hydrogen (secondary N) is 2. The van der Waals surface area contributed by atoms with Gasteiger partial charge in [-0.15, -0.1) is 0 Å². The average molecular weight is 544 g/mol. The largest absolute Gasteiger partial charge is 0.469 e. The van der Waals surface area contributed by atoms with Gasteiger partial charge in [0.15, 0.2) is 12.0 Å². The number of Topliss-reactive ketones (excluding diaryl/α,β-unsaturated/α-hetero) is 1. The Morgan fingerprint density at radius 3 is 2.62 bits per heavy atom. The van der Waals surface area contributed by atoms with E-state index in [4.69, 9.17) is 14.1 Å². The van der Waals surface area contributed by atoms with Gasteiger partial charge < -0.3 is 24.9 Å². The number of aromatic nitrogens is 1. The lowest BCUT2D eigenvalue weighted by Gasteiger charge is -2.29. The van der Waals surface area contributed by atoms with E-state index in [2.05, 4.69) is 22.8 Å². The minimum atomic E-state index is -1.45. The number of aryl methyl sites for hydroxylation is 1. The maximum atomic E-state index is 13.8. The summed E-state index contributed by atoms with van der Waals surface area (Å²) in [4.78, 5) is 32.0. The second-order valence-corrected chi connectivity index (χ2v) is 11.8. The maximum absolute atomic E-state index is 13.8. The molecule has 40 heavy (non-hydrogen) atoms. The molecule has 2 unspecified atom stereocenters. The molecule has 1 spiro atoms. The normalized spacial score (nSPS) is 24.8. The number of amides is 1. The number of anilines is 1. The number of para-hydroxylation sites is 1. The first-order chi connectivity index (χ1) is 19.1. The number of hydrogen-bond donors (Lipinski definition) is 3. The van der Waals surface area contributed by atoms with E-state index in [0.29, 0.717) is 30.9 Å². The Morgan fingerprint density at radius 1 is 1.15 bits per heavy atom. The molecule has 1 aromatic heterocycles. The van der Waals surface area contributed by atoms with Gasteiger partial charge in [0.25, 0.3) is 0 Å². The van der Waals surface area contributed by atoms with E-state index in [0.717, 1.165) is 33.8 Å². The van der Waals surface area contributed by atoms with Gasteiger partial charge in [-0.05, 0) is 55.4 Å². The van der Waals surface area contributed by atoms with Crippen molar-refractivity contribution in [3.63, 3.8) is 0 Å². The fraction of sp³-hybridized carbons (Fsp3) is 0.469. The highest BCUT2D eigenvalue weighted by Gasteiger charge is 2.60. The van der Waals surface area contributed by atoms with Crippen LogP contribution in [0, 0.1) is 18.8 Å². The summed E-state index contributed by atoms with van der Waals surface area (Å²) in [5, 5.41) is 17.7. The van der Waals surface area contributed by atoms with Crippen LogP contribution in [0.5, 0.6) is 5.75 Å². The molecule has 3 aliphatic rings. The predicted molar refractivity (Wildman–Crippen MR) is 150 cm³/mol. The Kier molecular flexibility index (Phi) is 6.29. The molecule has 0 fully saturated rings. The molecule has 0 radical (unpaired) electrons. The number of fused-ring (bicyclic) bond motifs is 4. The second kappa shape index (κ2) is 9.47. The van der Waals surface area contributed by atoms with Crippen molar-refractivity contribution < 1.29 is 23.8 Å². The summed E-state index contributed by atoms with van der Waals surface area (Å²) in [7, 11) is 0. The molecule has 0 saturated heterocycles. The second-order valence-electron chi connectivity index (χ2n) is 11.8. The number of oxazole rings is 1. The standard InChI is InChI=1S/C32H37N3O5/c1-6-31(38,7-2)25(36)16-20-14-19-12-13-24-22(15-19)32(21-10-8-9-11-23(21)34-30(32)39-24)27-18(5)33-29(40-27)26(17(3)4)35-28(20)37/h8-13,15,17,20,26,30,34,38H,6-7,14,16H2,1-5H3,(H,35,37)/t20?,26-,30-,32?/m0/s1. The number of aliphatic hydroxyl groups is 1. The fourth-order valence-corrected chi connectivity index (χ4v) is 6.65. The van der Waals surface area contributed by atoms with Crippen LogP contribution in [-0.4, -0.2) is 33.6 Å². The van der Waals surface area contributed by atoms with Gasteiger partial charge in [-0.25, -0.2) is 4.98 Å². The van der Waals surface area contributed by atoms with Crippen molar-refractivity contribution >= 4 is 17.4 Å². The van der Waals surface area contributed by atoms with E-state index in [1.165, 1.54) is 0 Å². The summed E-state index contributed by atoms with van der Waals surface area (Å²) in [6.07, 6.45) is 0.467. The third-order valence-electron chi connectivity index (χ3n) is 9.12. The summed E-state index contributed by atoms with van der Waals surface area (Å²) in [5.41, 5.74) is 2.41. The van der Waals surface area contributed by atoms with E-state index in [1.807, 2.05) is 51.1 Å². The van der Waals surface area contributed by atoms with Crippen LogP contribution in [0.25, 0.3) is 0 Å². The Hall–Kier alpha value is -3.65. The lowest BCUT2D eigenvalue weighted by molar-refractivity contribution is -0.141. The molecule has 6 rings (SSSR count). The number of hydrogen-bond acceptors (Lipinski definition) is 7. The summed E-state index contributed by atoms with van der Waals surface area (Å²) >= 11 is 0. The zero-order chi connectivity index (χ0) is 28.4. The predicted octanol–water partition coefficient (Wildman–Crippen LogP) is 4.96. The van der Waals surface area contributed by atoms with E-state index < -0.39 is 29.2 Å². The number of carbonyl (C=O) groups is 2. The topological polar surface area (TPSA) is 114 Å². The Labute approximate surface area is 234 Å². The van der Waals surface area contributed by atoms with E-state index in [9.17, 15) is 14.7 Å². The van der Waals surface area contributed by atoms with Gasteiger partial charge in [0.05, 0.1) is 5.69 Å². The van der Waals surface area contributed by atoms with Crippen LogP contribution in [0.3, 0.4) is 0 Å². The highest BCUT2D eigenvalue weighted by molar-refractivity contribution is 5.92. The van der Waals surface area contributed by atoms with Crippen molar-refractivity contribution in [1.29, 1.82) is 0 Å². The number of ketones is 1. The molecule has 3 N–H and O–H groups in total. The van der Waals surface area contributed by atoms with Gasteiger partial charge in [0, 0.05) is 23.6 Å². The first-order valence-corrected chi connectivity index (χ1v) is 14.3. The lowest BCUT2D eigenvalue weighted by atomic mass is 9.72. The SMILES string of the molecule is CCC(O)(CC)C(=O)CC1Cc2ccc3c(c2)C2(c4ccccc4N[C@H]2O3)c2oc(nc2C)[C@H](C(C)C)NC1=O. The summed E-state index contributed by atoms with van der Waals surface area (Å²) in [6, 6.07) is 13.6. The number of nitrogens with zero attached hydrogens (tertiary/aromatic N) is 1. The summed E-state index contributed by atoms with van der Waals surface area (Å²) in [5.74, 6) is 0.620. The van der Waals surface area contributed by atoms with Gasteiger partial charge in [-0.2, -0.15) is 0 Å². The molecule has 3 aromatic rings. The maximum Gasteiger partial charge on any atom is 0.224 e. The molecule has 8 nitrogen and oxygen atoms in total. The van der Waals surface area contributed by atoms with E-state index in [-0.39, 0.29) is 24.0 Å². The van der Waals surface area contributed by atoms with Crippen LogP contribution in [0.1, 0.15) is 87.0 Å². The Bertz CT molecular complexity index is 1490. The van der Waals surface area contributed by atoms with Gasteiger partial charge in [-0.3, -0.25) is 9.59 Å². The molecule has 1 amide bonds. The molecule has 4 bridgehead atoms. The van der Waals surface area contributed by atoms with Crippen LogP contribution >= 0.6 is 0 Å². The van der Waals surface area contributed by atoms with Crippen molar-refractivity contribution in [3.8, 4) is 5.75 Å².